The van der Waals surface area contributed by atoms with Crippen LogP contribution in [0, 0.1) is 5.92 Å². The van der Waals surface area contributed by atoms with Gasteiger partial charge in [0.25, 0.3) is 0 Å². The van der Waals surface area contributed by atoms with E-state index in [1.165, 1.54) is 6.92 Å². The molecular weight excluding hydrogens is 380 g/mol. The quantitative estimate of drug-likeness (QED) is 0.336. The van der Waals surface area contributed by atoms with E-state index in [2.05, 4.69) is 13.8 Å². The fourth-order valence-corrected chi connectivity index (χ4v) is 10.8. The Morgan fingerprint density at radius 2 is 1.70 bits per heavy atom. The van der Waals surface area contributed by atoms with Gasteiger partial charge in [-0.1, -0.05) is 44.2 Å². The van der Waals surface area contributed by atoms with Crippen molar-refractivity contribution in [2.75, 3.05) is 20.3 Å². The van der Waals surface area contributed by atoms with E-state index in [1.807, 2.05) is 30.3 Å². The van der Waals surface area contributed by atoms with E-state index in [9.17, 15) is 15.0 Å². The predicted octanol–water partition coefficient (Wildman–Crippen LogP) is 1.87. The molecule has 0 aliphatic carbocycles. The number of ether oxygens (including phenoxy) is 1. The Hall–Kier alpha value is -0.586. The Morgan fingerprint density at radius 3 is 2.22 bits per heavy atom. The molecule has 3 N–H and O–H groups in total. The van der Waals surface area contributed by atoms with Crippen molar-refractivity contribution in [1.29, 1.82) is 0 Å². The van der Waals surface area contributed by atoms with Crippen LogP contribution in [0.5, 0.6) is 0 Å². The van der Waals surface area contributed by atoms with Gasteiger partial charge in [-0.25, -0.2) is 0 Å². The van der Waals surface area contributed by atoms with Crippen LogP contribution in [0.4, 0.5) is 0 Å². The number of aliphatic hydroxyl groups excluding tert-OH is 2. The molecule has 0 amide bonds. The summed E-state index contributed by atoms with van der Waals surface area (Å²) in [6.07, 6.45) is -0.986. The first-order valence-electron chi connectivity index (χ1n) is 9.59. The maximum atomic E-state index is 11.1. The third kappa shape index (κ3) is 8.53. The van der Waals surface area contributed by atoms with Gasteiger partial charge in [0.15, 0.2) is 0 Å². The molecule has 0 aliphatic rings. The summed E-state index contributed by atoms with van der Waals surface area (Å²) in [6, 6.07) is 11.0. The van der Waals surface area contributed by atoms with Crippen molar-refractivity contribution >= 4 is 22.3 Å². The lowest BCUT2D eigenvalue weighted by Crippen LogP contribution is -2.58. The number of hydrogen-bond donors (Lipinski definition) is 3. The monoisotopic (exact) mass is 416 g/mol. The third-order valence-electron chi connectivity index (χ3n) is 4.48. The Morgan fingerprint density at radius 1 is 1.07 bits per heavy atom. The maximum Gasteiger partial charge on any atom is 0.357 e. The highest BCUT2D eigenvalue weighted by Gasteiger charge is 2.45. The minimum absolute atomic E-state index is 0.0979. The standard InChI is InChI=1S/C19H36O6Si2/c1-16(2)15-27(23-4,13-9-12-24-14-19(21)17(3)20)25-26(5,22)18-10-7-6-8-11-18/h6-8,10-11,16-17,19-22H,9,12-15H2,1-5H3. The van der Waals surface area contributed by atoms with Gasteiger partial charge in [0.2, 0.25) is 0 Å². The Kier molecular flexibility index (Phi) is 10.3. The van der Waals surface area contributed by atoms with Crippen molar-refractivity contribution in [3.63, 3.8) is 0 Å². The average Bonchev–Trinajstić information content (AvgIpc) is 2.60. The van der Waals surface area contributed by atoms with Crippen LogP contribution in [-0.2, 0) is 13.3 Å². The summed E-state index contributed by atoms with van der Waals surface area (Å²) in [5, 5.41) is 19.7. The smallest absolute Gasteiger partial charge is 0.357 e. The van der Waals surface area contributed by atoms with E-state index in [0.29, 0.717) is 25.0 Å². The first-order chi connectivity index (χ1) is 12.6. The highest BCUT2D eigenvalue weighted by molar-refractivity contribution is 6.87. The molecule has 0 radical (unpaired) electrons. The Bertz CT molecular complexity index is 526. The molecule has 1 aromatic carbocycles. The molecule has 0 saturated carbocycles. The molecule has 4 unspecified atom stereocenters. The van der Waals surface area contributed by atoms with Crippen molar-refractivity contribution in [2.45, 2.75) is 58.0 Å². The molecule has 6 nitrogen and oxygen atoms in total. The second-order valence-corrected chi connectivity index (χ2v) is 14.1. The highest BCUT2D eigenvalue weighted by Crippen LogP contribution is 2.28. The summed E-state index contributed by atoms with van der Waals surface area (Å²) in [6.45, 7) is 8.11. The van der Waals surface area contributed by atoms with Crippen molar-refractivity contribution in [3.8, 4) is 0 Å². The van der Waals surface area contributed by atoms with Crippen molar-refractivity contribution < 1.29 is 28.3 Å². The molecule has 0 heterocycles. The molecule has 4 atom stereocenters. The number of benzene rings is 1. The summed E-state index contributed by atoms with van der Waals surface area (Å²) >= 11 is 0. The summed E-state index contributed by atoms with van der Waals surface area (Å²) in [5.74, 6) is 0.384. The third-order valence-corrected chi connectivity index (χ3v) is 12.3. The lowest BCUT2D eigenvalue weighted by Gasteiger charge is -2.37. The van der Waals surface area contributed by atoms with Crippen LogP contribution in [-0.4, -0.2) is 64.7 Å². The first-order valence-corrected chi connectivity index (χ1v) is 14.2. The topological polar surface area (TPSA) is 88.4 Å². The second kappa shape index (κ2) is 11.4. The lowest BCUT2D eigenvalue weighted by molar-refractivity contribution is -0.0303. The van der Waals surface area contributed by atoms with E-state index in [-0.39, 0.29) is 6.61 Å². The van der Waals surface area contributed by atoms with E-state index in [1.54, 1.807) is 13.7 Å². The molecule has 0 fully saturated rings. The van der Waals surface area contributed by atoms with Crippen LogP contribution in [0.1, 0.15) is 27.2 Å². The van der Waals surface area contributed by atoms with E-state index < -0.39 is 29.3 Å². The average molecular weight is 417 g/mol. The molecule has 0 spiro atoms. The van der Waals surface area contributed by atoms with Crippen LogP contribution in [0.3, 0.4) is 0 Å². The first kappa shape index (κ1) is 24.5. The number of hydrogen-bond acceptors (Lipinski definition) is 6. The zero-order valence-electron chi connectivity index (χ0n) is 17.2. The summed E-state index contributed by atoms with van der Waals surface area (Å²) in [5.41, 5.74) is 0. The normalized spacial score (nSPS) is 18.7. The fraction of sp³-hybridized carbons (Fsp3) is 0.684. The number of aliphatic hydroxyl groups is 2. The van der Waals surface area contributed by atoms with Gasteiger partial charge in [-0.15, -0.1) is 0 Å². The Balaban J connectivity index is 2.74. The lowest BCUT2D eigenvalue weighted by atomic mass is 10.2. The Labute approximate surface area is 165 Å². The van der Waals surface area contributed by atoms with Gasteiger partial charge in [0.05, 0.1) is 12.7 Å². The van der Waals surface area contributed by atoms with Crippen molar-refractivity contribution in [2.24, 2.45) is 5.92 Å². The van der Waals surface area contributed by atoms with Crippen LogP contribution < -0.4 is 5.19 Å². The highest BCUT2D eigenvalue weighted by atomic mass is 28.5. The fourth-order valence-electron chi connectivity index (χ4n) is 3.00. The molecule has 0 aromatic heterocycles. The van der Waals surface area contributed by atoms with Gasteiger partial charge < -0.3 is 28.3 Å². The van der Waals surface area contributed by atoms with Crippen LogP contribution in [0.25, 0.3) is 0 Å². The van der Waals surface area contributed by atoms with Crippen LogP contribution >= 0.6 is 0 Å². The molecule has 8 heteroatoms. The minimum Gasteiger partial charge on any atom is -0.411 e. The number of rotatable bonds is 13. The molecule has 156 valence electrons. The maximum absolute atomic E-state index is 11.1. The van der Waals surface area contributed by atoms with Crippen LogP contribution in [0.15, 0.2) is 30.3 Å². The molecule has 27 heavy (non-hydrogen) atoms. The van der Waals surface area contributed by atoms with Crippen molar-refractivity contribution in [1.82, 2.24) is 0 Å². The molecular formula is C19H36O6Si2. The second-order valence-electron chi connectivity index (χ2n) is 7.65. The van der Waals surface area contributed by atoms with Gasteiger partial charge in [0, 0.05) is 13.7 Å². The van der Waals surface area contributed by atoms with Gasteiger partial charge in [-0.3, -0.25) is 0 Å². The summed E-state index contributed by atoms with van der Waals surface area (Å²) in [4.78, 5) is 11.1. The molecule has 1 aromatic rings. The van der Waals surface area contributed by atoms with E-state index >= 15 is 0 Å². The summed E-state index contributed by atoms with van der Waals surface area (Å²) in [7, 11) is -4.04. The SMILES string of the molecule is CO[Si](CCCOCC(O)C(C)O)(CC(C)C)O[Si](C)(O)c1ccccc1. The van der Waals surface area contributed by atoms with Gasteiger partial charge >= 0.3 is 17.1 Å². The largest absolute Gasteiger partial charge is 0.411 e. The van der Waals surface area contributed by atoms with Gasteiger partial charge in [-0.2, -0.15) is 0 Å². The zero-order chi connectivity index (χ0) is 20.5. The molecule has 0 bridgehead atoms. The van der Waals surface area contributed by atoms with Crippen molar-refractivity contribution in [3.05, 3.63) is 30.3 Å². The molecule has 1 rings (SSSR count). The predicted molar refractivity (Wildman–Crippen MR) is 111 cm³/mol. The minimum atomic E-state index is -3.08. The van der Waals surface area contributed by atoms with E-state index in [4.69, 9.17) is 13.3 Å². The van der Waals surface area contributed by atoms with Gasteiger partial charge in [-0.05, 0) is 43.1 Å². The molecule has 0 aliphatic heterocycles. The summed E-state index contributed by atoms with van der Waals surface area (Å²) < 4.78 is 17.8. The van der Waals surface area contributed by atoms with E-state index in [0.717, 1.165) is 11.2 Å². The zero-order valence-corrected chi connectivity index (χ0v) is 19.2. The van der Waals surface area contributed by atoms with Crippen LogP contribution in [0.2, 0.25) is 18.6 Å². The molecule has 0 saturated heterocycles. The van der Waals surface area contributed by atoms with Gasteiger partial charge in [0.1, 0.15) is 6.10 Å².